The van der Waals surface area contributed by atoms with Gasteiger partial charge in [-0.05, 0) is 37.9 Å². The van der Waals surface area contributed by atoms with Gasteiger partial charge in [0.05, 0.1) is 12.5 Å². The van der Waals surface area contributed by atoms with E-state index in [-0.39, 0.29) is 35.2 Å². The van der Waals surface area contributed by atoms with Crippen LogP contribution in [0, 0.1) is 0 Å². The molecule has 1 saturated heterocycles. The van der Waals surface area contributed by atoms with Crippen LogP contribution < -0.4 is 11.1 Å². The number of ketones is 1. The molecule has 1 amide bonds. The van der Waals surface area contributed by atoms with Crippen molar-refractivity contribution in [3.05, 3.63) is 35.4 Å². The molecule has 9 nitrogen and oxygen atoms in total. The number of likely N-dealkylation sites (tertiary alicyclic amines) is 1. The second-order valence-corrected chi connectivity index (χ2v) is 22.6. The Morgan fingerprint density at radius 2 is 1.87 bits per heavy atom. The summed E-state index contributed by atoms with van der Waals surface area (Å²) >= 11 is 0. The van der Waals surface area contributed by atoms with Gasteiger partial charge < -0.3 is 24.6 Å². The zero-order chi connectivity index (χ0) is 29.8. The van der Waals surface area contributed by atoms with Crippen molar-refractivity contribution >= 4 is 39.4 Å². The Hall–Kier alpha value is -2.35. The highest BCUT2D eigenvalue weighted by molar-refractivity contribution is 6.88. The molecule has 11 heteroatoms. The van der Waals surface area contributed by atoms with Crippen LogP contribution in [0.1, 0.15) is 63.3 Å². The summed E-state index contributed by atoms with van der Waals surface area (Å²) in [7, 11) is -4.35. The zero-order valence-electron chi connectivity index (χ0n) is 25.1. The number of aliphatic carboxylic acids is 1. The Bertz CT molecular complexity index is 1110. The standard InChI is InChI=1S/C28H47N3O6Si2/c1-19(12-10-14-29)16-21(37-39(8,9)28(2,3)4)17-20(32)18-23-30-24(27(36-23)38(5,6)7)25(33)31-15-11-13-22(31)26(34)35/h10,12,16,21-22H,11,13-15,17-18,29H2,1-9H3,(H,34,35)/b12-10+,19-16+/t21-,22-/m1/s1. The summed E-state index contributed by atoms with van der Waals surface area (Å²) in [5, 5.41) is 10.0. The molecule has 1 aromatic heterocycles. The van der Waals surface area contributed by atoms with Crippen LogP contribution in [0.4, 0.5) is 0 Å². The molecular formula is C28H47N3O6Si2. The smallest absolute Gasteiger partial charge is 0.326 e. The van der Waals surface area contributed by atoms with E-state index in [0.29, 0.717) is 31.3 Å². The van der Waals surface area contributed by atoms with Crippen molar-refractivity contribution in [1.82, 2.24) is 9.88 Å². The van der Waals surface area contributed by atoms with Crippen molar-refractivity contribution in [2.75, 3.05) is 13.1 Å². The highest BCUT2D eigenvalue weighted by atomic mass is 28.4. The van der Waals surface area contributed by atoms with Crippen molar-refractivity contribution in [2.45, 2.75) is 103 Å². The van der Waals surface area contributed by atoms with Gasteiger partial charge >= 0.3 is 5.97 Å². The maximum Gasteiger partial charge on any atom is 0.326 e. The molecule has 0 aliphatic carbocycles. The first kappa shape index (κ1) is 32.9. The van der Waals surface area contributed by atoms with Crippen LogP contribution in [-0.4, -0.2) is 74.3 Å². The average molecular weight is 578 g/mol. The number of hydrogen-bond donors (Lipinski definition) is 2. The van der Waals surface area contributed by atoms with Gasteiger partial charge in [-0.1, -0.05) is 64.2 Å². The van der Waals surface area contributed by atoms with Crippen molar-refractivity contribution in [1.29, 1.82) is 0 Å². The van der Waals surface area contributed by atoms with Crippen molar-refractivity contribution in [3.63, 3.8) is 0 Å². The molecule has 0 saturated carbocycles. The predicted molar refractivity (Wildman–Crippen MR) is 159 cm³/mol. The van der Waals surface area contributed by atoms with Gasteiger partial charge in [0.1, 0.15) is 25.3 Å². The van der Waals surface area contributed by atoms with Gasteiger partial charge in [-0.3, -0.25) is 9.59 Å². The summed E-state index contributed by atoms with van der Waals surface area (Å²) in [4.78, 5) is 44.2. The summed E-state index contributed by atoms with van der Waals surface area (Å²) in [6.07, 6.45) is 6.41. The minimum atomic E-state index is -2.18. The van der Waals surface area contributed by atoms with Gasteiger partial charge in [-0.2, -0.15) is 0 Å². The molecule has 2 atom stereocenters. The van der Waals surface area contributed by atoms with E-state index in [1.165, 1.54) is 4.90 Å². The third kappa shape index (κ3) is 8.82. The molecule has 1 fully saturated rings. The number of oxazole rings is 1. The van der Waals surface area contributed by atoms with E-state index in [1.54, 1.807) is 0 Å². The van der Waals surface area contributed by atoms with Gasteiger partial charge in [0.2, 0.25) is 5.89 Å². The SMILES string of the molecule is CC(/C=C/CN)=C\[C@H](CC(=O)Cc1nc(C(=O)N2CCC[C@@H]2C(=O)O)c([Si](C)(C)C)o1)O[Si](C)(C)C(C)(C)C. The second kappa shape index (κ2) is 12.9. The normalized spacial score (nSPS) is 18.2. The molecule has 1 aliphatic heterocycles. The van der Waals surface area contributed by atoms with E-state index < -0.39 is 40.4 Å². The van der Waals surface area contributed by atoms with E-state index in [2.05, 4.69) is 38.8 Å². The molecule has 0 aromatic carbocycles. The van der Waals surface area contributed by atoms with E-state index in [4.69, 9.17) is 14.6 Å². The third-order valence-electron chi connectivity index (χ3n) is 7.35. The molecule has 0 unspecified atom stereocenters. The number of allylic oxidation sites excluding steroid dienone is 2. The number of carboxylic acid groups (broad SMARTS) is 1. The number of carbonyl (C=O) groups is 3. The molecular weight excluding hydrogens is 530 g/mol. The largest absolute Gasteiger partial charge is 0.480 e. The molecule has 0 radical (unpaired) electrons. The van der Waals surface area contributed by atoms with Crippen LogP contribution in [0.15, 0.2) is 28.2 Å². The summed E-state index contributed by atoms with van der Waals surface area (Å²) in [6.45, 7) is 19.6. The lowest BCUT2D eigenvalue weighted by molar-refractivity contribution is -0.141. The summed E-state index contributed by atoms with van der Waals surface area (Å²) in [5.74, 6) is -1.39. The molecule has 2 rings (SSSR count). The number of rotatable bonds is 12. The third-order valence-corrected chi connectivity index (χ3v) is 13.6. The fourth-order valence-electron chi connectivity index (χ4n) is 4.25. The summed E-state index contributed by atoms with van der Waals surface area (Å²) < 4.78 is 12.7. The Morgan fingerprint density at radius 3 is 2.41 bits per heavy atom. The van der Waals surface area contributed by atoms with Crippen LogP contribution in [0.5, 0.6) is 0 Å². The Balaban J connectivity index is 2.33. The van der Waals surface area contributed by atoms with Gasteiger partial charge in [-0.15, -0.1) is 0 Å². The van der Waals surface area contributed by atoms with Gasteiger partial charge in [0, 0.05) is 19.5 Å². The minimum Gasteiger partial charge on any atom is -0.480 e. The number of aromatic nitrogens is 1. The number of nitrogens with two attached hydrogens (primary N) is 1. The number of amides is 1. The Kier molecular flexibility index (Phi) is 10.9. The number of Topliss-reactive ketones (excluding diaryl/α,β-unsaturated/α-hetero) is 1. The Morgan fingerprint density at radius 1 is 1.23 bits per heavy atom. The van der Waals surface area contributed by atoms with Crippen LogP contribution in [0.2, 0.25) is 37.8 Å². The van der Waals surface area contributed by atoms with Crippen molar-refractivity contribution in [2.24, 2.45) is 5.73 Å². The number of nitrogens with zero attached hydrogens (tertiary/aromatic N) is 2. The first-order valence-electron chi connectivity index (χ1n) is 13.7. The van der Waals surface area contributed by atoms with Crippen LogP contribution >= 0.6 is 0 Å². The molecule has 2 heterocycles. The fourth-order valence-corrected chi connectivity index (χ4v) is 6.81. The second-order valence-electron chi connectivity index (χ2n) is 12.9. The minimum absolute atomic E-state index is 0.0312. The topological polar surface area (TPSA) is 136 Å². The first-order chi connectivity index (χ1) is 17.9. The van der Waals surface area contributed by atoms with Gasteiger partial charge in [-0.25, -0.2) is 9.78 Å². The van der Waals surface area contributed by atoms with Crippen LogP contribution in [0.25, 0.3) is 0 Å². The number of hydrogen-bond acceptors (Lipinski definition) is 7. The highest BCUT2D eigenvalue weighted by Gasteiger charge is 2.41. The summed E-state index contributed by atoms with van der Waals surface area (Å²) in [6, 6.07) is -0.870. The lowest BCUT2D eigenvalue weighted by atomic mass is 10.1. The number of carbonyl (C=O) groups excluding carboxylic acids is 2. The monoisotopic (exact) mass is 577 g/mol. The molecule has 3 N–H and O–H groups in total. The molecule has 1 aliphatic rings. The molecule has 1 aromatic rings. The summed E-state index contributed by atoms with van der Waals surface area (Å²) in [5.41, 5.74) is 6.70. The maximum atomic E-state index is 13.4. The number of carboxylic acids is 1. The van der Waals surface area contributed by atoms with E-state index in [0.717, 1.165) is 5.57 Å². The lowest BCUT2D eigenvalue weighted by Gasteiger charge is -2.38. The molecule has 0 bridgehead atoms. The van der Waals surface area contributed by atoms with E-state index in [1.807, 2.05) is 44.8 Å². The fraction of sp³-hybridized carbons (Fsp3) is 0.643. The van der Waals surface area contributed by atoms with E-state index in [9.17, 15) is 19.5 Å². The van der Waals surface area contributed by atoms with Crippen LogP contribution in [-0.2, 0) is 20.4 Å². The molecule has 39 heavy (non-hydrogen) atoms. The average Bonchev–Trinajstić information content (AvgIpc) is 3.43. The van der Waals surface area contributed by atoms with Gasteiger partial charge in [0.15, 0.2) is 14.0 Å². The lowest BCUT2D eigenvalue weighted by Crippen LogP contribution is -2.46. The van der Waals surface area contributed by atoms with E-state index >= 15 is 0 Å². The molecule has 0 spiro atoms. The Labute approximate surface area is 235 Å². The zero-order valence-corrected chi connectivity index (χ0v) is 27.1. The quantitative estimate of drug-likeness (QED) is 0.278. The maximum absolute atomic E-state index is 13.4. The first-order valence-corrected chi connectivity index (χ1v) is 20.1. The van der Waals surface area contributed by atoms with Crippen molar-refractivity contribution < 1.29 is 28.3 Å². The van der Waals surface area contributed by atoms with Crippen molar-refractivity contribution in [3.8, 4) is 0 Å². The highest BCUT2D eigenvalue weighted by Crippen LogP contribution is 2.38. The van der Waals surface area contributed by atoms with Crippen LogP contribution in [0.3, 0.4) is 0 Å². The van der Waals surface area contributed by atoms with Gasteiger partial charge in [0.25, 0.3) is 5.91 Å². The molecule has 218 valence electrons. The predicted octanol–water partition coefficient (Wildman–Crippen LogP) is 4.26.